The molecule has 1 unspecified atom stereocenters. The van der Waals surface area contributed by atoms with Crippen LogP contribution in [0.2, 0.25) is 0 Å². The van der Waals surface area contributed by atoms with Crippen molar-refractivity contribution >= 4 is 12.0 Å². The van der Waals surface area contributed by atoms with Gasteiger partial charge in [-0.1, -0.05) is 30.3 Å². The molecule has 2 amide bonds. The molecule has 1 saturated heterocycles. The van der Waals surface area contributed by atoms with Gasteiger partial charge in [0.15, 0.2) is 0 Å². The van der Waals surface area contributed by atoms with Gasteiger partial charge in [0.25, 0.3) is 0 Å². The summed E-state index contributed by atoms with van der Waals surface area (Å²) in [6.45, 7) is 8.79. The van der Waals surface area contributed by atoms with Crippen molar-refractivity contribution < 1.29 is 14.3 Å². The number of nitrogens with one attached hydrogen (secondary N) is 1. The lowest BCUT2D eigenvalue weighted by Gasteiger charge is -2.33. The van der Waals surface area contributed by atoms with Gasteiger partial charge in [0.1, 0.15) is 5.60 Å². The molecule has 1 aliphatic heterocycles. The predicted octanol–water partition coefficient (Wildman–Crippen LogP) is 3.77. The standard InChI is InChI=1S/C21H32N2O3/c1-16(10-11-17-8-6-5-7-9-17)22-19(24)18-12-14-23(15-13-18)20(25)26-21(2,3)4/h5-9,16,18H,10-15H2,1-4H3,(H,22,24). The van der Waals surface area contributed by atoms with E-state index in [1.807, 2.05) is 39.0 Å². The van der Waals surface area contributed by atoms with E-state index in [9.17, 15) is 9.59 Å². The molecule has 26 heavy (non-hydrogen) atoms. The third-order valence-corrected chi connectivity index (χ3v) is 4.61. The molecule has 2 rings (SSSR count). The van der Waals surface area contributed by atoms with Crippen LogP contribution in [0.5, 0.6) is 0 Å². The molecule has 5 heteroatoms. The number of aryl methyl sites for hydroxylation is 1. The van der Waals surface area contributed by atoms with Gasteiger partial charge in [-0.05, 0) is 58.9 Å². The molecule has 1 atom stereocenters. The van der Waals surface area contributed by atoms with Crippen molar-refractivity contribution in [1.29, 1.82) is 0 Å². The minimum Gasteiger partial charge on any atom is -0.444 e. The minimum atomic E-state index is -0.487. The SMILES string of the molecule is CC(CCc1ccccc1)NC(=O)C1CCN(C(=O)OC(C)(C)C)CC1. The summed E-state index contributed by atoms with van der Waals surface area (Å²) in [7, 11) is 0. The van der Waals surface area contributed by atoms with Crippen molar-refractivity contribution in [3.63, 3.8) is 0 Å². The average molecular weight is 360 g/mol. The number of rotatable bonds is 5. The fourth-order valence-electron chi connectivity index (χ4n) is 3.11. The fraction of sp³-hybridized carbons (Fsp3) is 0.619. The molecule has 1 aliphatic rings. The van der Waals surface area contributed by atoms with Gasteiger partial charge in [-0.25, -0.2) is 4.79 Å². The van der Waals surface area contributed by atoms with Gasteiger partial charge >= 0.3 is 6.09 Å². The highest BCUT2D eigenvalue weighted by atomic mass is 16.6. The van der Waals surface area contributed by atoms with Crippen LogP contribution in [0.15, 0.2) is 30.3 Å². The normalized spacial score (nSPS) is 16.8. The topological polar surface area (TPSA) is 58.6 Å². The van der Waals surface area contributed by atoms with E-state index in [1.54, 1.807) is 4.90 Å². The van der Waals surface area contributed by atoms with E-state index in [4.69, 9.17) is 4.74 Å². The van der Waals surface area contributed by atoms with Crippen LogP contribution in [-0.4, -0.2) is 41.6 Å². The van der Waals surface area contributed by atoms with E-state index >= 15 is 0 Å². The molecule has 0 saturated carbocycles. The first-order valence-corrected chi connectivity index (χ1v) is 9.57. The Labute approximate surface area is 157 Å². The zero-order valence-corrected chi connectivity index (χ0v) is 16.5. The Kier molecular flexibility index (Phi) is 7.06. The molecule has 1 aromatic carbocycles. The second-order valence-electron chi connectivity index (χ2n) is 8.18. The number of carbonyl (C=O) groups excluding carboxylic acids is 2. The lowest BCUT2D eigenvalue weighted by atomic mass is 9.95. The molecule has 1 N–H and O–H groups in total. The van der Waals surface area contributed by atoms with Gasteiger partial charge in [-0.2, -0.15) is 0 Å². The largest absolute Gasteiger partial charge is 0.444 e. The molecule has 5 nitrogen and oxygen atoms in total. The maximum absolute atomic E-state index is 12.5. The number of likely N-dealkylation sites (tertiary alicyclic amines) is 1. The Morgan fingerprint density at radius 2 is 1.81 bits per heavy atom. The van der Waals surface area contributed by atoms with Gasteiger partial charge in [-0.15, -0.1) is 0 Å². The maximum Gasteiger partial charge on any atom is 0.410 e. The van der Waals surface area contributed by atoms with Crippen molar-refractivity contribution in [2.75, 3.05) is 13.1 Å². The Bertz CT molecular complexity index is 587. The minimum absolute atomic E-state index is 0.0205. The highest BCUT2D eigenvalue weighted by molar-refractivity contribution is 5.79. The molecular formula is C21H32N2O3. The summed E-state index contributed by atoms with van der Waals surface area (Å²) in [5.74, 6) is 0.0854. The Morgan fingerprint density at radius 3 is 2.38 bits per heavy atom. The molecule has 0 spiro atoms. The Balaban J connectivity index is 1.71. The first-order valence-electron chi connectivity index (χ1n) is 9.57. The van der Waals surface area contributed by atoms with Gasteiger partial charge in [0.05, 0.1) is 0 Å². The maximum atomic E-state index is 12.5. The van der Waals surface area contributed by atoms with Crippen molar-refractivity contribution in [3.05, 3.63) is 35.9 Å². The van der Waals surface area contributed by atoms with Crippen LogP contribution in [-0.2, 0) is 16.0 Å². The lowest BCUT2D eigenvalue weighted by molar-refractivity contribution is -0.127. The number of carbonyl (C=O) groups is 2. The monoisotopic (exact) mass is 360 g/mol. The van der Waals surface area contributed by atoms with Crippen LogP contribution >= 0.6 is 0 Å². The van der Waals surface area contributed by atoms with E-state index in [0.29, 0.717) is 25.9 Å². The van der Waals surface area contributed by atoms with Crippen LogP contribution in [0.25, 0.3) is 0 Å². The molecule has 1 fully saturated rings. The van der Waals surface area contributed by atoms with Gasteiger partial charge in [0, 0.05) is 25.0 Å². The number of hydrogen-bond donors (Lipinski definition) is 1. The number of benzene rings is 1. The molecule has 0 aromatic heterocycles. The first-order chi connectivity index (χ1) is 12.2. The zero-order chi connectivity index (χ0) is 19.2. The van der Waals surface area contributed by atoms with Crippen LogP contribution in [0.3, 0.4) is 0 Å². The number of hydrogen-bond acceptors (Lipinski definition) is 3. The molecular weight excluding hydrogens is 328 g/mol. The number of piperidine rings is 1. The molecule has 1 heterocycles. The summed E-state index contributed by atoms with van der Waals surface area (Å²) < 4.78 is 5.40. The molecule has 1 aromatic rings. The Hall–Kier alpha value is -2.04. The smallest absolute Gasteiger partial charge is 0.410 e. The number of amides is 2. The Morgan fingerprint density at radius 1 is 1.19 bits per heavy atom. The van der Waals surface area contributed by atoms with E-state index in [2.05, 4.69) is 24.4 Å². The lowest BCUT2D eigenvalue weighted by Crippen LogP contribution is -2.46. The third kappa shape index (κ3) is 6.70. The molecule has 0 aliphatic carbocycles. The molecule has 0 bridgehead atoms. The second kappa shape index (κ2) is 9.06. The van der Waals surface area contributed by atoms with E-state index in [1.165, 1.54) is 5.56 Å². The van der Waals surface area contributed by atoms with Crippen LogP contribution in [0.4, 0.5) is 4.79 Å². The molecule has 144 valence electrons. The van der Waals surface area contributed by atoms with Crippen molar-refractivity contribution in [1.82, 2.24) is 10.2 Å². The van der Waals surface area contributed by atoms with E-state index in [-0.39, 0.29) is 24.0 Å². The fourth-order valence-corrected chi connectivity index (χ4v) is 3.11. The highest BCUT2D eigenvalue weighted by Gasteiger charge is 2.30. The summed E-state index contributed by atoms with van der Waals surface area (Å²) in [6, 6.07) is 10.5. The second-order valence-corrected chi connectivity index (χ2v) is 8.18. The van der Waals surface area contributed by atoms with Crippen LogP contribution < -0.4 is 5.32 Å². The summed E-state index contributed by atoms with van der Waals surface area (Å²) in [4.78, 5) is 26.3. The van der Waals surface area contributed by atoms with Crippen LogP contribution in [0.1, 0.15) is 52.5 Å². The highest BCUT2D eigenvalue weighted by Crippen LogP contribution is 2.20. The first kappa shape index (κ1) is 20.3. The average Bonchev–Trinajstić information content (AvgIpc) is 2.59. The summed E-state index contributed by atoms with van der Waals surface area (Å²) >= 11 is 0. The summed E-state index contributed by atoms with van der Waals surface area (Å²) in [6.07, 6.45) is 2.98. The number of ether oxygens (including phenoxy) is 1. The summed E-state index contributed by atoms with van der Waals surface area (Å²) in [5.41, 5.74) is 0.804. The zero-order valence-electron chi connectivity index (χ0n) is 16.5. The van der Waals surface area contributed by atoms with Gasteiger partial charge < -0.3 is 15.0 Å². The van der Waals surface area contributed by atoms with Crippen molar-refractivity contribution in [3.8, 4) is 0 Å². The third-order valence-electron chi connectivity index (χ3n) is 4.61. The van der Waals surface area contributed by atoms with Crippen molar-refractivity contribution in [2.45, 2.75) is 65.0 Å². The number of nitrogens with zero attached hydrogens (tertiary/aromatic N) is 1. The van der Waals surface area contributed by atoms with Gasteiger partial charge in [-0.3, -0.25) is 4.79 Å². The van der Waals surface area contributed by atoms with E-state index < -0.39 is 5.60 Å². The molecule has 0 radical (unpaired) electrons. The van der Waals surface area contributed by atoms with E-state index in [0.717, 1.165) is 12.8 Å². The summed E-state index contributed by atoms with van der Waals surface area (Å²) in [5, 5.41) is 3.13. The van der Waals surface area contributed by atoms with Crippen LogP contribution in [0, 0.1) is 5.92 Å². The van der Waals surface area contributed by atoms with Crippen molar-refractivity contribution in [2.24, 2.45) is 5.92 Å². The predicted molar refractivity (Wildman–Crippen MR) is 103 cm³/mol. The quantitative estimate of drug-likeness (QED) is 0.869. The van der Waals surface area contributed by atoms with Gasteiger partial charge in [0.2, 0.25) is 5.91 Å².